The zero-order valence-corrected chi connectivity index (χ0v) is 32.8. The second-order valence-corrected chi connectivity index (χ2v) is 15.9. The lowest BCUT2D eigenvalue weighted by molar-refractivity contribution is -0.00561. The van der Waals surface area contributed by atoms with E-state index in [0.717, 1.165) is 48.5 Å². The van der Waals surface area contributed by atoms with Crippen LogP contribution in [0.25, 0.3) is 0 Å². The van der Waals surface area contributed by atoms with E-state index in [9.17, 15) is 71.5 Å². The monoisotopic (exact) mass is 864 g/mol. The summed E-state index contributed by atoms with van der Waals surface area (Å²) in [7, 11) is 0. The number of aliphatic hydroxyl groups is 3. The molecule has 14 N–H and O–H groups in total. The van der Waals surface area contributed by atoms with E-state index in [-0.39, 0.29) is 62.6 Å². The van der Waals surface area contributed by atoms with E-state index in [0.29, 0.717) is 11.1 Å². The van der Waals surface area contributed by atoms with Gasteiger partial charge in [0.15, 0.2) is 35.2 Å². The molecule has 3 aliphatic rings. The van der Waals surface area contributed by atoms with E-state index in [1.54, 1.807) is 13.0 Å². The van der Waals surface area contributed by atoms with E-state index in [2.05, 4.69) is 0 Å². The third-order valence-corrected chi connectivity index (χ3v) is 12.1. The lowest BCUT2D eigenvalue weighted by Gasteiger charge is -2.43. The van der Waals surface area contributed by atoms with Crippen molar-refractivity contribution in [2.24, 2.45) is 0 Å². The Kier molecular flexibility index (Phi) is 9.58. The highest BCUT2D eigenvalue weighted by atomic mass is 16.5. The first kappa shape index (κ1) is 40.8. The molecule has 9 rings (SSSR count). The second-order valence-electron chi connectivity index (χ2n) is 15.9. The number of hydrogen-bond acceptors (Lipinski definition) is 17. The van der Waals surface area contributed by atoms with Gasteiger partial charge in [-0.3, -0.25) is 0 Å². The van der Waals surface area contributed by atoms with Gasteiger partial charge in [-0.2, -0.15) is 0 Å². The van der Waals surface area contributed by atoms with Gasteiger partial charge < -0.3 is 85.7 Å². The minimum Gasteiger partial charge on any atom is -0.508 e. The number of fused-ring (bicyclic) bond motifs is 3. The highest BCUT2D eigenvalue weighted by Crippen LogP contribution is 2.62. The molecule has 0 radical (unpaired) electrons. The molecule has 8 atom stereocenters. The number of ether oxygens (including phenoxy) is 3. The number of phenols is 11. The number of aromatic hydroxyl groups is 11. The van der Waals surface area contributed by atoms with Gasteiger partial charge in [0.2, 0.25) is 0 Å². The average molecular weight is 865 g/mol. The molecule has 8 unspecified atom stereocenters. The molecule has 3 aliphatic heterocycles. The van der Waals surface area contributed by atoms with Crippen LogP contribution in [0.2, 0.25) is 0 Å². The molecule has 0 fully saturated rings. The second kappa shape index (κ2) is 14.8. The van der Waals surface area contributed by atoms with Crippen LogP contribution >= 0.6 is 0 Å². The van der Waals surface area contributed by atoms with Crippen molar-refractivity contribution in [1.82, 2.24) is 0 Å². The standard InChI is InChI=1S/C46H40O17/c1-16-8-17(2-5-22(16)48)42-32(58)13-21-25(51)14-29(55)35(45(21)62-42)39-37-31(57)15-30(56)36(46(37)63-44(41(39)60)19-4-7-24(50)27(53)10-19)38-34-28(54)11-20(47)12-33(34)61-43(40(38)59)18-3-6-23(49)26(52)9-18/h2-12,14-15,32,38-44,47-60H,13H2,1H3. The molecule has 6 aromatic carbocycles. The van der Waals surface area contributed by atoms with Crippen molar-refractivity contribution in [3.05, 3.63) is 129 Å². The molecule has 6 aromatic rings. The summed E-state index contributed by atoms with van der Waals surface area (Å²) >= 11 is 0. The van der Waals surface area contributed by atoms with Crippen LogP contribution in [0, 0.1) is 6.92 Å². The Morgan fingerprint density at radius 3 is 1.43 bits per heavy atom. The van der Waals surface area contributed by atoms with Gasteiger partial charge in [-0.15, -0.1) is 0 Å². The van der Waals surface area contributed by atoms with Crippen molar-refractivity contribution in [3.8, 4) is 80.5 Å². The van der Waals surface area contributed by atoms with Crippen molar-refractivity contribution in [2.45, 2.75) is 61.8 Å². The Bertz CT molecular complexity index is 2840. The molecule has 326 valence electrons. The Labute approximate surface area is 356 Å². The first-order valence-electron chi connectivity index (χ1n) is 19.5. The van der Waals surface area contributed by atoms with Crippen molar-refractivity contribution in [2.75, 3.05) is 0 Å². The maximum absolute atomic E-state index is 12.5. The number of aryl methyl sites for hydroxylation is 1. The number of rotatable bonds is 5. The highest BCUT2D eigenvalue weighted by Gasteiger charge is 2.51. The van der Waals surface area contributed by atoms with E-state index >= 15 is 0 Å². The zero-order valence-electron chi connectivity index (χ0n) is 32.8. The summed E-state index contributed by atoms with van der Waals surface area (Å²) in [5.74, 6) is -10.1. The predicted octanol–water partition coefficient (Wildman–Crippen LogP) is 5.05. The average Bonchev–Trinajstić information content (AvgIpc) is 3.22. The molecule has 63 heavy (non-hydrogen) atoms. The summed E-state index contributed by atoms with van der Waals surface area (Å²) in [6.45, 7) is 1.63. The first-order valence-corrected chi connectivity index (χ1v) is 19.5. The van der Waals surface area contributed by atoms with E-state index in [1.807, 2.05) is 0 Å². The van der Waals surface area contributed by atoms with Gasteiger partial charge in [0.25, 0.3) is 0 Å². The summed E-state index contributed by atoms with van der Waals surface area (Å²) in [5, 5.41) is 157. The maximum atomic E-state index is 12.5. The molecule has 17 nitrogen and oxygen atoms in total. The minimum absolute atomic E-state index is 0.00175. The fourth-order valence-electron chi connectivity index (χ4n) is 9.08. The third kappa shape index (κ3) is 6.52. The molecule has 0 bridgehead atoms. The maximum Gasteiger partial charge on any atom is 0.157 e. The van der Waals surface area contributed by atoms with Gasteiger partial charge in [-0.05, 0) is 65.6 Å². The normalized spacial score (nSPS) is 23.6. The molecule has 17 heteroatoms. The molecule has 0 saturated carbocycles. The van der Waals surface area contributed by atoms with Crippen LogP contribution < -0.4 is 14.2 Å². The Balaban J connectivity index is 1.31. The van der Waals surface area contributed by atoms with Crippen LogP contribution in [-0.2, 0) is 6.42 Å². The Morgan fingerprint density at radius 2 is 0.873 bits per heavy atom. The largest absolute Gasteiger partial charge is 0.508 e. The van der Waals surface area contributed by atoms with Crippen molar-refractivity contribution in [3.63, 3.8) is 0 Å². The molecular weight excluding hydrogens is 824 g/mol. The van der Waals surface area contributed by atoms with E-state index in [4.69, 9.17) is 14.2 Å². The molecule has 3 heterocycles. The first-order chi connectivity index (χ1) is 29.9. The highest BCUT2D eigenvalue weighted by molar-refractivity contribution is 5.70. The lowest BCUT2D eigenvalue weighted by Crippen LogP contribution is -2.39. The topological polar surface area (TPSA) is 311 Å². The van der Waals surface area contributed by atoms with Gasteiger partial charge in [0.05, 0.1) is 17.9 Å². The summed E-state index contributed by atoms with van der Waals surface area (Å²) in [6, 6.07) is 15.5. The number of phenolic OH excluding ortho intramolecular Hbond substituents is 11. The van der Waals surface area contributed by atoms with Crippen molar-refractivity contribution >= 4 is 0 Å². The van der Waals surface area contributed by atoms with Crippen molar-refractivity contribution < 1.29 is 85.7 Å². The zero-order chi connectivity index (χ0) is 44.9. The third-order valence-electron chi connectivity index (χ3n) is 12.1. The number of hydrogen-bond donors (Lipinski definition) is 14. The Hall–Kier alpha value is -7.60. The van der Waals surface area contributed by atoms with Crippen LogP contribution in [0.5, 0.6) is 80.5 Å². The van der Waals surface area contributed by atoms with E-state index in [1.165, 1.54) is 24.3 Å². The predicted molar refractivity (Wildman–Crippen MR) is 217 cm³/mol. The fraction of sp³-hybridized carbons (Fsp3) is 0.217. The smallest absolute Gasteiger partial charge is 0.157 e. The fourth-order valence-corrected chi connectivity index (χ4v) is 9.08. The summed E-state index contributed by atoms with van der Waals surface area (Å²) < 4.78 is 19.0. The van der Waals surface area contributed by atoms with E-state index < -0.39 is 112 Å². The number of aliphatic hydroxyl groups excluding tert-OH is 3. The number of benzene rings is 6. The molecule has 0 spiro atoms. The van der Waals surface area contributed by atoms with Gasteiger partial charge >= 0.3 is 0 Å². The van der Waals surface area contributed by atoms with Gasteiger partial charge in [-0.25, -0.2) is 0 Å². The van der Waals surface area contributed by atoms with Gasteiger partial charge in [0.1, 0.15) is 75.8 Å². The van der Waals surface area contributed by atoms with Crippen LogP contribution in [-0.4, -0.2) is 89.8 Å². The summed E-state index contributed by atoms with van der Waals surface area (Å²) in [4.78, 5) is 0. The molecular formula is C46H40O17. The molecule has 0 aliphatic carbocycles. The molecule has 0 aromatic heterocycles. The molecule has 0 saturated heterocycles. The Morgan fingerprint density at radius 1 is 0.413 bits per heavy atom. The van der Waals surface area contributed by atoms with Crippen LogP contribution in [0.15, 0.2) is 78.9 Å². The van der Waals surface area contributed by atoms with Crippen LogP contribution in [0.1, 0.15) is 80.2 Å². The molecule has 0 amide bonds. The van der Waals surface area contributed by atoms with Crippen LogP contribution in [0.3, 0.4) is 0 Å². The lowest BCUT2D eigenvalue weighted by atomic mass is 9.73. The minimum atomic E-state index is -1.86. The summed E-state index contributed by atoms with van der Waals surface area (Å²) in [5.41, 5.74) is -0.143. The van der Waals surface area contributed by atoms with Gasteiger partial charge in [-0.1, -0.05) is 18.2 Å². The van der Waals surface area contributed by atoms with Crippen molar-refractivity contribution in [1.29, 1.82) is 0 Å². The quantitative estimate of drug-likeness (QED) is 0.101. The van der Waals surface area contributed by atoms with Crippen LogP contribution in [0.4, 0.5) is 0 Å². The SMILES string of the molecule is Cc1cc(C2Oc3c(c(O)cc(O)c3C3c4c(O)cc(O)c(C5c6c(O)cc(O)cc6OC(c6ccc(O)c(O)c6)C5O)c4OC(c4ccc(O)c(O)c4)C3O)CC2O)ccc1O. The summed E-state index contributed by atoms with van der Waals surface area (Å²) in [6.07, 6.45) is -9.47. The van der Waals surface area contributed by atoms with Gasteiger partial charge in [0, 0.05) is 58.5 Å².